The van der Waals surface area contributed by atoms with Gasteiger partial charge in [-0.1, -0.05) is 18.5 Å². The van der Waals surface area contributed by atoms with Crippen molar-refractivity contribution in [1.82, 2.24) is 15.0 Å². The molecule has 0 fully saturated rings. The Morgan fingerprint density at radius 3 is 2.59 bits per heavy atom. The molecule has 0 saturated heterocycles. The number of ether oxygens (including phenoxy) is 1. The first-order valence-corrected chi connectivity index (χ1v) is 10.5. The monoisotopic (exact) mass is 444 g/mol. The molecule has 32 heavy (non-hydrogen) atoms. The Bertz CT molecular complexity index is 1260. The van der Waals surface area contributed by atoms with Gasteiger partial charge in [-0.05, 0) is 73.2 Å². The first kappa shape index (κ1) is 21.5. The minimum absolute atomic E-state index is 0.211. The number of hydrogen-bond acceptors (Lipinski definition) is 5. The third kappa shape index (κ3) is 4.92. The number of aryl methyl sites for hydroxylation is 2. The summed E-state index contributed by atoms with van der Waals surface area (Å²) in [5.41, 5.74) is 3.59. The van der Waals surface area contributed by atoms with Gasteiger partial charge in [-0.2, -0.15) is 0 Å². The van der Waals surface area contributed by atoms with Crippen molar-refractivity contribution in [3.05, 3.63) is 95.0 Å². The van der Waals surface area contributed by atoms with Crippen molar-refractivity contribution >= 4 is 23.2 Å². The summed E-state index contributed by atoms with van der Waals surface area (Å²) in [7, 11) is 0. The van der Waals surface area contributed by atoms with E-state index < -0.39 is 0 Å². The molecule has 160 valence electrons. The predicted octanol–water partition coefficient (Wildman–Crippen LogP) is 6.11. The summed E-state index contributed by atoms with van der Waals surface area (Å²) < 4.78 is 6.13. The van der Waals surface area contributed by atoms with E-state index in [0.29, 0.717) is 27.9 Å². The minimum atomic E-state index is -0.211. The summed E-state index contributed by atoms with van der Waals surface area (Å²) in [6.45, 7) is 3.92. The quantitative estimate of drug-likeness (QED) is 0.388. The van der Waals surface area contributed by atoms with Crippen LogP contribution >= 0.6 is 11.6 Å². The summed E-state index contributed by atoms with van der Waals surface area (Å²) in [4.78, 5) is 25.7. The van der Waals surface area contributed by atoms with E-state index in [0.717, 1.165) is 29.1 Å². The highest BCUT2D eigenvalue weighted by atomic mass is 35.5. The van der Waals surface area contributed by atoms with Gasteiger partial charge in [0.15, 0.2) is 0 Å². The molecule has 6 nitrogen and oxygen atoms in total. The van der Waals surface area contributed by atoms with E-state index in [1.807, 2.05) is 44.2 Å². The number of pyridine rings is 1. The molecule has 1 amide bonds. The van der Waals surface area contributed by atoms with Gasteiger partial charge < -0.3 is 10.1 Å². The zero-order valence-electron chi connectivity index (χ0n) is 17.7. The molecule has 4 aromatic rings. The number of benzene rings is 2. The number of carbonyl (C=O) groups excluding carboxylic acids is 1. The second kappa shape index (κ2) is 9.58. The van der Waals surface area contributed by atoms with E-state index in [4.69, 9.17) is 16.3 Å². The van der Waals surface area contributed by atoms with E-state index in [2.05, 4.69) is 20.3 Å². The van der Waals surface area contributed by atoms with Crippen molar-refractivity contribution in [2.24, 2.45) is 0 Å². The van der Waals surface area contributed by atoms with Crippen LogP contribution in [-0.2, 0) is 6.42 Å². The van der Waals surface area contributed by atoms with Crippen LogP contribution in [0.3, 0.4) is 0 Å². The van der Waals surface area contributed by atoms with Gasteiger partial charge in [-0.15, -0.1) is 0 Å². The van der Waals surface area contributed by atoms with Crippen molar-refractivity contribution in [3.8, 4) is 22.9 Å². The van der Waals surface area contributed by atoms with Crippen molar-refractivity contribution < 1.29 is 9.53 Å². The fourth-order valence-electron chi connectivity index (χ4n) is 3.14. The van der Waals surface area contributed by atoms with Gasteiger partial charge in [0.05, 0.1) is 11.3 Å². The largest absolute Gasteiger partial charge is 0.438 e. The Morgan fingerprint density at radius 2 is 1.84 bits per heavy atom. The van der Waals surface area contributed by atoms with Crippen molar-refractivity contribution in [1.29, 1.82) is 0 Å². The number of hydrogen-bond donors (Lipinski definition) is 1. The molecule has 0 atom stereocenters. The number of rotatable bonds is 6. The molecule has 0 unspecified atom stereocenters. The standard InChI is InChI=1S/C25H21ClN4O2/c1-3-23-27-14-12-21(30-23)20-5-4-13-28-25(20)32-22-11-10-19(15-16(22)2)29-24(31)17-6-8-18(26)9-7-17/h4-15H,3H2,1-2H3,(H,29,31). The van der Waals surface area contributed by atoms with E-state index >= 15 is 0 Å². The lowest BCUT2D eigenvalue weighted by Gasteiger charge is -2.13. The molecule has 0 aliphatic carbocycles. The highest BCUT2D eigenvalue weighted by molar-refractivity contribution is 6.30. The third-order valence-corrected chi connectivity index (χ3v) is 5.07. The molecule has 0 radical (unpaired) electrons. The molecule has 0 aliphatic heterocycles. The lowest BCUT2D eigenvalue weighted by molar-refractivity contribution is 0.102. The van der Waals surface area contributed by atoms with Gasteiger partial charge in [-0.25, -0.2) is 15.0 Å². The average molecular weight is 445 g/mol. The maximum Gasteiger partial charge on any atom is 0.255 e. The molecule has 2 aromatic heterocycles. The molecule has 7 heteroatoms. The Balaban J connectivity index is 1.55. The highest BCUT2D eigenvalue weighted by Gasteiger charge is 2.13. The number of halogens is 1. The Labute approximate surface area is 191 Å². The molecule has 4 rings (SSSR count). The molecular weight excluding hydrogens is 424 g/mol. The Morgan fingerprint density at radius 1 is 1.03 bits per heavy atom. The van der Waals surface area contributed by atoms with Gasteiger partial charge in [0.2, 0.25) is 5.88 Å². The number of nitrogens with one attached hydrogen (secondary N) is 1. The second-order valence-electron chi connectivity index (χ2n) is 7.11. The lowest BCUT2D eigenvalue weighted by Crippen LogP contribution is -2.11. The topological polar surface area (TPSA) is 77.0 Å². The molecule has 1 N–H and O–H groups in total. The molecule has 0 saturated carbocycles. The van der Waals surface area contributed by atoms with Crippen molar-refractivity contribution in [2.45, 2.75) is 20.3 Å². The van der Waals surface area contributed by atoms with Crippen LogP contribution < -0.4 is 10.1 Å². The summed E-state index contributed by atoms with van der Waals surface area (Å²) in [6.07, 6.45) is 4.16. The van der Waals surface area contributed by atoms with Gasteiger partial charge in [-0.3, -0.25) is 4.79 Å². The molecule has 2 heterocycles. The lowest BCUT2D eigenvalue weighted by atomic mass is 10.1. The van der Waals surface area contributed by atoms with Crippen LogP contribution in [0.25, 0.3) is 11.3 Å². The normalized spacial score (nSPS) is 10.6. The number of anilines is 1. The van der Waals surface area contributed by atoms with Crippen LogP contribution in [0.5, 0.6) is 11.6 Å². The van der Waals surface area contributed by atoms with Gasteiger partial charge in [0.25, 0.3) is 5.91 Å². The number of nitrogens with zero attached hydrogens (tertiary/aromatic N) is 3. The molecule has 0 spiro atoms. The van der Waals surface area contributed by atoms with Crippen LogP contribution in [0.15, 0.2) is 73.1 Å². The summed E-state index contributed by atoms with van der Waals surface area (Å²) >= 11 is 5.89. The smallest absolute Gasteiger partial charge is 0.255 e. The van der Waals surface area contributed by atoms with E-state index in [-0.39, 0.29) is 5.91 Å². The highest BCUT2D eigenvalue weighted by Crippen LogP contribution is 2.32. The number of amides is 1. The third-order valence-electron chi connectivity index (χ3n) is 4.81. The van der Waals surface area contributed by atoms with E-state index in [1.54, 1.807) is 42.7 Å². The summed E-state index contributed by atoms with van der Waals surface area (Å²) in [5.74, 6) is 1.64. The maximum absolute atomic E-state index is 12.5. The molecule has 0 aliphatic rings. The van der Waals surface area contributed by atoms with Crippen LogP contribution in [0.4, 0.5) is 5.69 Å². The molecule has 0 bridgehead atoms. The van der Waals surface area contributed by atoms with Crippen LogP contribution in [0.1, 0.15) is 28.7 Å². The summed E-state index contributed by atoms with van der Waals surface area (Å²) in [5, 5.41) is 3.47. The SMILES string of the molecule is CCc1nccc(-c2cccnc2Oc2ccc(NC(=O)c3ccc(Cl)cc3)cc2C)n1. The van der Waals surface area contributed by atoms with Gasteiger partial charge >= 0.3 is 0 Å². The van der Waals surface area contributed by atoms with Crippen LogP contribution in [0.2, 0.25) is 5.02 Å². The summed E-state index contributed by atoms with van der Waals surface area (Å²) in [6, 6.07) is 17.8. The maximum atomic E-state index is 12.5. The van der Waals surface area contributed by atoms with Gasteiger partial charge in [0.1, 0.15) is 11.6 Å². The zero-order chi connectivity index (χ0) is 22.5. The minimum Gasteiger partial charge on any atom is -0.438 e. The predicted molar refractivity (Wildman–Crippen MR) is 125 cm³/mol. The Hall–Kier alpha value is -3.77. The van der Waals surface area contributed by atoms with E-state index in [9.17, 15) is 4.79 Å². The molecular formula is C25H21ClN4O2. The van der Waals surface area contributed by atoms with Crippen LogP contribution in [0, 0.1) is 6.92 Å². The number of aromatic nitrogens is 3. The van der Waals surface area contributed by atoms with Gasteiger partial charge in [0, 0.05) is 35.1 Å². The second-order valence-corrected chi connectivity index (χ2v) is 7.55. The van der Waals surface area contributed by atoms with E-state index in [1.165, 1.54) is 0 Å². The first-order valence-electron chi connectivity index (χ1n) is 10.2. The fourth-order valence-corrected chi connectivity index (χ4v) is 3.26. The molecule has 2 aromatic carbocycles. The first-order chi connectivity index (χ1) is 15.5. The number of carbonyl (C=O) groups is 1. The van der Waals surface area contributed by atoms with Crippen LogP contribution in [-0.4, -0.2) is 20.9 Å². The Kier molecular flexibility index (Phi) is 6.42. The zero-order valence-corrected chi connectivity index (χ0v) is 18.4. The van der Waals surface area contributed by atoms with Crippen molar-refractivity contribution in [2.75, 3.05) is 5.32 Å². The van der Waals surface area contributed by atoms with Crippen molar-refractivity contribution in [3.63, 3.8) is 0 Å². The average Bonchev–Trinajstić information content (AvgIpc) is 2.81. The fraction of sp³-hybridized carbons (Fsp3) is 0.120.